The van der Waals surface area contributed by atoms with Crippen molar-refractivity contribution in [2.75, 3.05) is 32.9 Å². The molecule has 2 heterocycles. The zero-order valence-electron chi connectivity index (χ0n) is 15.8. The summed E-state index contributed by atoms with van der Waals surface area (Å²) in [5, 5.41) is 14.0. The number of hydrogen-bond donors (Lipinski definition) is 3. The molecule has 1 fully saturated rings. The summed E-state index contributed by atoms with van der Waals surface area (Å²) in [7, 11) is 0. The molecular weight excluding hydrogens is 360 g/mol. The van der Waals surface area contributed by atoms with Gasteiger partial charge in [0.15, 0.2) is 17.5 Å². The third kappa shape index (κ3) is 5.05. The van der Waals surface area contributed by atoms with Gasteiger partial charge in [0.1, 0.15) is 13.1 Å². The highest BCUT2D eigenvalue weighted by molar-refractivity contribution is 5.85. The minimum Gasteiger partial charge on any atom is -0.504 e. The van der Waals surface area contributed by atoms with Crippen LogP contribution in [0.1, 0.15) is 24.1 Å². The Morgan fingerprint density at radius 3 is 2.79 bits per heavy atom. The Morgan fingerprint density at radius 2 is 2.11 bits per heavy atom. The van der Waals surface area contributed by atoms with Gasteiger partial charge in [-0.2, -0.15) is 5.10 Å². The number of carbonyl (C=O) groups excluding carboxylic acids is 1. The van der Waals surface area contributed by atoms with Gasteiger partial charge in [-0.05, 0) is 42.8 Å². The topological polar surface area (TPSA) is 97.5 Å². The van der Waals surface area contributed by atoms with Crippen molar-refractivity contribution in [2.24, 2.45) is 5.10 Å². The van der Waals surface area contributed by atoms with Crippen LogP contribution in [0.4, 0.5) is 0 Å². The molecule has 0 spiro atoms. The zero-order valence-corrected chi connectivity index (χ0v) is 15.8. The average molecular weight is 385 g/mol. The van der Waals surface area contributed by atoms with Crippen LogP contribution < -0.4 is 15.1 Å². The second-order valence-electron chi connectivity index (χ2n) is 6.38. The predicted molar refractivity (Wildman–Crippen MR) is 104 cm³/mol. The van der Waals surface area contributed by atoms with E-state index in [9.17, 15) is 9.90 Å². The third-order valence-corrected chi connectivity index (χ3v) is 4.52. The maximum Gasteiger partial charge on any atom is 0.303 e. The van der Waals surface area contributed by atoms with Gasteiger partial charge in [0.2, 0.25) is 0 Å². The number of phenols is 1. The van der Waals surface area contributed by atoms with Crippen LogP contribution in [0.2, 0.25) is 0 Å². The van der Waals surface area contributed by atoms with Gasteiger partial charge in [0.05, 0.1) is 26.0 Å². The summed E-state index contributed by atoms with van der Waals surface area (Å²) in [5.74, 6) is 0.247. The first kappa shape index (κ1) is 19.8. The first-order valence-electron chi connectivity index (χ1n) is 9.30. The zero-order chi connectivity index (χ0) is 19.8. The normalized spacial score (nSPS) is 16.0. The molecule has 0 radical (unpaired) electrons. The summed E-state index contributed by atoms with van der Waals surface area (Å²) in [6.07, 6.45) is 4.86. The molecule has 3 N–H and O–H groups in total. The largest absolute Gasteiger partial charge is 0.504 e. The molecule has 1 atom stereocenters. The number of morpholine rings is 1. The van der Waals surface area contributed by atoms with Gasteiger partial charge in [0, 0.05) is 18.0 Å². The fraction of sp³-hybridized carbons (Fsp3) is 0.350. The van der Waals surface area contributed by atoms with Crippen LogP contribution in [0, 0.1) is 0 Å². The second-order valence-corrected chi connectivity index (χ2v) is 6.38. The van der Waals surface area contributed by atoms with E-state index in [-0.39, 0.29) is 11.7 Å². The third-order valence-electron chi connectivity index (χ3n) is 4.52. The maximum absolute atomic E-state index is 12.9. The lowest BCUT2D eigenvalue weighted by molar-refractivity contribution is -0.929. The van der Waals surface area contributed by atoms with Gasteiger partial charge in [-0.25, -0.2) is 5.43 Å². The van der Waals surface area contributed by atoms with Crippen LogP contribution in [0.3, 0.4) is 0 Å². The number of quaternary nitrogens is 1. The van der Waals surface area contributed by atoms with Crippen molar-refractivity contribution in [3.05, 3.63) is 53.9 Å². The molecule has 3 rings (SSSR count). The van der Waals surface area contributed by atoms with E-state index in [0.29, 0.717) is 31.1 Å². The van der Waals surface area contributed by atoms with Crippen LogP contribution in [0.15, 0.2) is 47.8 Å². The molecule has 8 nitrogen and oxygen atoms in total. The first-order valence-corrected chi connectivity index (χ1v) is 9.30. The fourth-order valence-corrected chi connectivity index (χ4v) is 3.18. The molecule has 0 saturated carbocycles. The first-order chi connectivity index (χ1) is 13.7. The Morgan fingerprint density at radius 1 is 1.36 bits per heavy atom. The highest BCUT2D eigenvalue weighted by Crippen LogP contribution is 2.26. The summed E-state index contributed by atoms with van der Waals surface area (Å²) in [5.41, 5.74) is 4.16. The molecule has 2 aromatic rings. The summed E-state index contributed by atoms with van der Waals surface area (Å²) in [6.45, 7) is 5.06. The molecule has 0 unspecified atom stereocenters. The summed E-state index contributed by atoms with van der Waals surface area (Å²) >= 11 is 0. The number of nitrogens with zero attached hydrogens (tertiary/aromatic N) is 2. The number of aromatic hydroxyl groups is 1. The Hall–Kier alpha value is -2.97. The lowest BCUT2D eigenvalue weighted by Gasteiger charge is -2.30. The Bertz CT molecular complexity index is 807. The molecule has 1 aromatic carbocycles. The number of benzene rings is 1. The lowest BCUT2D eigenvalue weighted by atomic mass is 10.1. The number of rotatable bonds is 7. The van der Waals surface area contributed by atoms with E-state index in [4.69, 9.17) is 9.47 Å². The number of hydrogen-bond acceptors (Lipinski definition) is 6. The molecular formula is C20H25N4O4+. The Balaban J connectivity index is 1.69. The molecule has 1 saturated heterocycles. The fourth-order valence-electron chi connectivity index (χ4n) is 3.18. The number of carbonyl (C=O) groups is 1. The summed E-state index contributed by atoms with van der Waals surface area (Å²) in [4.78, 5) is 18.0. The Labute approximate surface area is 163 Å². The number of hydrazone groups is 1. The number of nitrogens with one attached hydrogen (secondary N) is 2. The molecule has 0 aliphatic carbocycles. The van der Waals surface area contributed by atoms with Crippen molar-refractivity contribution in [1.82, 2.24) is 10.4 Å². The molecule has 0 bridgehead atoms. The van der Waals surface area contributed by atoms with E-state index in [1.165, 1.54) is 12.3 Å². The standard InChI is InChI=1S/C20H24N4O4/c1-2-28-18-4-3-15(13-17(18)25)14-22-23-20(26)19(16-5-7-21-8-6-16)24-9-11-27-12-10-24/h3-8,13-14,19,25H,2,9-12H2,1H3,(H,23,26)/p+1/b22-14-/t19-/m0/s1. The van der Waals surface area contributed by atoms with Crippen LogP contribution >= 0.6 is 0 Å². The minimum absolute atomic E-state index is 0.0320. The molecule has 1 aliphatic rings. The smallest absolute Gasteiger partial charge is 0.303 e. The van der Waals surface area contributed by atoms with Crippen LogP contribution in [0.5, 0.6) is 11.5 Å². The van der Waals surface area contributed by atoms with Crippen molar-refractivity contribution in [3.8, 4) is 11.5 Å². The SMILES string of the molecule is CCOc1ccc(/C=N\NC(=O)[C@H](c2ccncc2)[NH+]2CCOCC2)cc1O. The van der Waals surface area contributed by atoms with E-state index in [2.05, 4.69) is 15.5 Å². The van der Waals surface area contributed by atoms with Crippen molar-refractivity contribution < 1.29 is 24.3 Å². The molecule has 28 heavy (non-hydrogen) atoms. The van der Waals surface area contributed by atoms with Gasteiger partial charge in [-0.15, -0.1) is 0 Å². The number of phenolic OH excluding ortho intramolecular Hbond substituents is 1. The number of amides is 1. The molecule has 8 heteroatoms. The predicted octanol–water partition coefficient (Wildman–Crippen LogP) is 0.292. The van der Waals surface area contributed by atoms with E-state index >= 15 is 0 Å². The van der Waals surface area contributed by atoms with Gasteiger partial charge in [0.25, 0.3) is 0 Å². The summed E-state index contributed by atoms with van der Waals surface area (Å²) in [6, 6.07) is 8.27. The van der Waals surface area contributed by atoms with E-state index in [0.717, 1.165) is 23.6 Å². The quantitative estimate of drug-likeness (QED) is 0.470. The van der Waals surface area contributed by atoms with E-state index in [1.54, 1.807) is 24.5 Å². The van der Waals surface area contributed by atoms with E-state index < -0.39 is 6.04 Å². The highest BCUT2D eigenvalue weighted by atomic mass is 16.5. The van der Waals surface area contributed by atoms with Crippen LogP contribution in [-0.4, -0.2) is 55.1 Å². The van der Waals surface area contributed by atoms with Gasteiger partial charge >= 0.3 is 5.91 Å². The monoisotopic (exact) mass is 385 g/mol. The van der Waals surface area contributed by atoms with Crippen molar-refractivity contribution in [2.45, 2.75) is 13.0 Å². The van der Waals surface area contributed by atoms with Crippen LogP contribution in [0.25, 0.3) is 0 Å². The van der Waals surface area contributed by atoms with Crippen molar-refractivity contribution in [3.63, 3.8) is 0 Å². The molecule has 1 amide bonds. The minimum atomic E-state index is -0.391. The molecule has 1 aromatic heterocycles. The van der Waals surface area contributed by atoms with Crippen LogP contribution in [-0.2, 0) is 9.53 Å². The number of ether oxygens (including phenoxy) is 2. The molecule has 1 aliphatic heterocycles. The van der Waals surface area contributed by atoms with Crippen molar-refractivity contribution >= 4 is 12.1 Å². The Kier molecular flexibility index (Phi) is 6.94. The van der Waals surface area contributed by atoms with Gasteiger partial charge < -0.3 is 19.5 Å². The average Bonchev–Trinajstić information content (AvgIpc) is 2.72. The highest BCUT2D eigenvalue weighted by Gasteiger charge is 2.32. The number of pyridine rings is 1. The van der Waals surface area contributed by atoms with Gasteiger partial charge in [-0.1, -0.05) is 0 Å². The summed E-state index contributed by atoms with van der Waals surface area (Å²) < 4.78 is 10.7. The van der Waals surface area contributed by atoms with Crippen molar-refractivity contribution in [1.29, 1.82) is 0 Å². The number of aromatic nitrogens is 1. The van der Waals surface area contributed by atoms with E-state index in [1.807, 2.05) is 19.1 Å². The van der Waals surface area contributed by atoms with Gasteiger partial charge in [-0.3, -0.25) is 9.78 Å². The second kappa shape index (κ2) is 9.82. The maximum atomic E-state index is 12.9. The lowest BCUT2D eigenvalue weighted by Crippen LogP contribution is -3.15. The molecule has 148 valence electrons.